The van der Waals surface area contributed by atoms with Crippen molar-refractivity contribution in [2.75, 3.05) is 27.7 Å². The van der Waals surface area contributed by atoms with E-state index in [0.29, 0.717) is 6.54 Å². The number of carbonyl (C=O) groups excluding carboxylic acids is 1. The van der Waals surface area contributed by atoms with Crippen LogP contribution in [0.25, 0.3) is 0 Å². The highest BCUT2D eigenvalue weighted by atomic mass is 16.5. The highest BCUT2D eigenvalue weighted by Crippen LogP contribution is 2.05. The Labute approximate surface area is 86.6 Å². The Balaban J connectivity index is 3.97. The fourth-order valence-corrected chi connectivity index (χ4v) is 0.946. The van der Waals surface area contributed by atoms with Crippen LogP contribution in [0, 0.1) is 0 Å². The zero-order valence-corrected chi connectivity index (χ0v) is 10.0. The van der Waals surface area contributed by atoms with Gasteiger partial charge in [-0.1, -0.05) is 0 Å². The van der Waals surface area contributed by atoms with Gasteiger partial charge in [-0.25, -0.2) is 0 Å². The Morgan fingerprint density at radius 1 is 1.50 bits per heavy atom. The Kier molecular flexibility index (Phi) is 5.08. The molecule has 4 nitrogen and oxygen atoms in total. The van der Waals surface area contributed by atoms with Crippen molar-refractivity contribution in [1.29, 1.82) is 0 Å². The lowest BCUT2D eigenvalue weighted by atomic mass is 10.1. The van der Waals surface area contributed by atoms with Crippen LogP contribution >= 0.6 is 0 Å². The van der Waals surface area contributed by atoms with E-state index < -0.39 is 0 Å². The van der Waals surface area contributed by atoms with Crippen LogP contribution in [0.1, 0.15) is 20.8 Å². The first kappa shape index (κ1) is 13.4. The van der Waals surface area contributed by atoms with Gasteiger partial charge >= 0.3 is 0 Å². The molecule has 4 heteroatoms. The van der Waals surface area contributed by atoms with Gasteiger partial charge in [0.15, 0.2) is 0 Å². The highest BCUT2D eigenvalue weighted by molar-refractivity contribution is 5.80. The van der Waals surface area contributed by atoms with E-state index in [1.165, 1.54) is 0 Å². The summed E-state index contributed by atoms with van der Waals surface area (Å²) in [5.41, 5.74) is -0.235. The van der Waals surface area contributed by atoms with Gasteiger partial charge in [0, 0.05) is 27.7 Å². The molecular weight excluding hydrogens is 180 g/mol. The number of rotatable bonds is 5. The van der Waals surface area contributed by atoms with Crippen molar-refractivity contribution in [1.82, 2.24) is 10.2 Å². The van der Waals surface area contributed by atoms with Gasteiger partial charge in [0.05, 0.1) is 11.6 Å². The normalized spacial score (nSPS) is 13.9. The fourth-order valence-electron chi connectivity index (χ4n) is 0.946. The number of hydrogen-bond donors (Lipinski definition) is 1. The second-order valence-electron chi connectivity index (χ2n) is 4.30. The lowest BCUT2D eigenvalue weighted by Crippen LogP contribution is -2.47. The number of ether oxygens (including phenoxy) is 1. The number of methoxy groups -OCH3 is 1. The molecule has 0 bridgehead atoms. The third kappa shape index (κ3) is 4.58. The van der Waals surface area contributed by atoms with Crippen LogP contribution in [-0.4, -0.2) is 50.2 Å². The number of nitrogens with one attached hydrogen (secondary N) is 1. The molecule has 0 aromatic carbocycles. The smallest absolute Gasteiger partial charge is 0.238 e. The number of hydrogen-bond acceptors (Lipinski definition) is 3. The molecule has 0 aromatic heterocycles. The van der Waals surface area contributed by atoms with E-state index in [1.54, 1.807) is 26.1 Å². The molecule has 0 fully saturated rings. The molecule has 0 radical (unpaired) electrons. The molecule has 84 valence electrons. The summed E-state index contributed by atoms with van der Waals surface area (Å²) in [5.74, 6) is 0.0805. The lowest BCUT2D eigenvalue weighted by molar-refractivity contribution is -0.130. The van der Waals surface area contributed by atoms with Crippen LogP contribution in [0.15, 0.2) is 0 Å². The fraction of sp³-hybridized carbons (Fsp3) is 0.900. The molecular formula is C10H22N2O2. The van der Waals surface area contributed by atoms with Crippen molar-refractivity contribution < 1.29 is 9.53 Å². The first-order valence-electron chi connectivity index (χ1n) is 4.80. The van der Waals surface area contributed by atoms with Gasteiger partial charge in [-0.05, 0) is 20.8 Å². The van der Waals surface area contributed by atoms with Crippen molar-refractivity contribution in [3.05, 3.63) is 0 Å². The summed E-state index contributed by atoms with van der Waals surface area (Å²) in [6.45, 7) is 6.47. The number of carbonyl (C=O) groups is 1. The Hall–Kier alpha value is -0.610. The quantitative estimate of drug-likeness (QED) is 0.705. The van der Waals surface area contributed by atoms with Gasteiger partial charge in [0.2, 0.25) is 5.91 Å². The summed E-state index contributed by atoms with van der Waals surface area (Å²) >= 11 is 0. The average Bonchev–Trinajstić information content (AvgIpc) is 2.13. The number of amides is 1. The molecule has 0 saturated carbocycles. The van der Waals surface area contributed by atoms with Gasteiger partial charge in [0.25, 0.3) is 0 Å². The minimum Gasteiger partial charge on any atom is -0.377 e. The van der Waals surface area contributed by atoms with E-state index in [0.717, 1.165) is 0 Å². The van der Waals surface area contributed by atoms with E-state index >= 15 is 0 Å². The zero-order chi connectivity index (χ0) is 11.4. The van der Waals surface area contributed by atoms with Crippen LogP contribution < -0.4 is 5.32 Å². The molecule has 0 aliphatic heterocycles. The predicted octanol–water partition coefficient (Wildman–Crippen LogP) is 0.478. The molecule has 1 atom stereocenters. The second kappa shape index (κ2) is 5.32. The van der Waals surface area contributed by atoms with Crippen molar-refractivity contribution >= 4 is 5.91 Å². The van der Waals surface area contributed by atoms with Gasteiger partial charge in [-0.3, -0.25) is 4.79 Å². The first-order chi connectivity index (χ1) is 6.30. The van der Waals surface area contributed by atoms with Crippen LogP contribution in [0.3, 0.4) is 0 Å². The molecule has 14 heavy (non-hydrogen) atoms. The summed E-state index contributed by atoms with van der Waals surface area (Å²) in [4.78, 5) is 13.1. The maximum absolute atomic E-state index is 11.5. The summed E-state index contributed by atoms with van der Waals surface area (Å²) in [7, 11) is 5.17. The van der Waals surface area contributed by atoms with Gasteiger partial charge < -0.3 is 15.0 Å². The first-order valence-corrected chi connectivity index (χ1v) is 4.80. The molecule has 0 rings (SSSR count). The third-order valence-electron chi connectivity index (χ3n) is 2.20. The van der Waals surface area contributed by atoms with Crippen molar-refractivity contribution in [2.45, 2.75) is 32.4 Å². The number of likely N-dealkylation sites (N-methyl/N-ethyl adjacent to an activating group) is 1. The molecule has 0 heterocycles. The van der Waals surface area contributed by atoms with Gasteiger partial charge in [-0.15, -0.1) is 0 Å². The molecule has 0 aromatic rings. The van der Waals surface area contributed by atoms with Crippen molar-refractivity contribution in [3.8, 4) is 0 Å². The SMILES string of the molecule is COC(C)(C)CNC(C)C(=O)N(C)C. The highest BCUT2D eigenvalue weighted by Gasteiger charge is 2.20. The molecule has 1 N–H and O–H groups in total. The minimum absolute atomic E-state index is 0.0805. The van der Waals surface area contributed by atoms with Crippen LogP contribution in [-0.2, 0) is 9.53 Å². The van der Waals surface area contributed by atoms with Gasteiger partial charge in [0.1, 0.15) is 0 Å². The molecule has 0 aliphatic carbocycles. The summed E-state index contributed by atoms with van der Waals surface area (Å²) < 4.78 is 5.24. The average molecular weight is 202 g/mol. The van der Waals surface area contributed by atoms with E-state index in [2.05, 4.69) is 5.32 Å². The number of nitrogens with zero attached hydrogens (tertiary/aromatic N) is 1. The molecule has 0 saturated heterocycles. The van der Waals surface area contributed by atoms with E-state index in [9.17, 15) is 4.79 Å². The Morgan fingerprint density at radius 2 is 2.00 bits per heavy atom. The molecule has 0 spiro atoms. The van der Waals surface area contributed by atoms with Crippen molar-refractivity contribution in [3.63, 3.8) is 0 Å². The Morgan fingerprint density at radius 3 is 2.36 bits per heavy atom. The predicted molar refractivity (Wildman–Crippen MR) is 57.2 cm³/mol. The molecule has 1 unspecified atom stereocenters. The van der Waals surface area contributed by atoms with Crippen LogP contribution in [0.2, 0.25) is 0 Å². The molecule has 1 amide bonds. The monoisotopic (exact) mass is 202 g/mol. The topological polar surface area (TPSA) is 41.6 Å². The third-order valence-corrected chi connectivity index (χ3v) is 2.20. The summed E-state index contributed by atoms with van der Waals surface area (Å²) in [6, 6.07) is -0.167. The molecule has 0 aliphatic rings. The standard InChI is InChI=1S/C10H22N2O2/c1-8(9(13)12(4)5)11-7-10(2,3)14-6/h8,11H,7H2,1-6H3. The maximum Gasteiger partial charge on any atom is 0.238 e. The summed E-state index contributed by atoms with van der Waals surface area (Å²) in [5, 5.41) is 3.14. The van der Waals surface area contributed by atoms with Gasteiger partial charge in [-0.2, -0.15) is 0 Å². The van der Waals surface area contributed by atoms with Crippen LogP contribution in [0.5, 0.6) is 0 Å². The van der Waals surface area contributed by atoms with E-state index in [4.69, 9.17) is 4.74 Å². The van der Waals surface area contributed by atoms with Crippen LogP contribution in [0.4, 0.5) is 0 Å². The second-order valence-corrected chi connectivity index (χ2v) is 4.30. The van der Waals surface area contributed by atoms with E-state index in [-0.39, 0.29) is 17.6 Å². The van der Waals surface area contributed by atoms with E-state index in [1.807, 2.05) is 20.8 Å². The van der Waals surface area contributed by atoms with Crippen molar-refractivity contribution in [2.24, 2.45) is 0 Å². The lowest BCUT2D eigenvalue weighted by Gasteiger charge is -2.26. The Bertz CT molecular complexity index is 191. The largest absolute Gasteiger partial charge is 0.377 e. The zero-order valence-electron chi connectivity index (χ0n) is 10.0. The maximum atomic E-state index is 11.5. The summed E-state index contributed by atoms with van der Waals surface area (Å²) in [6.07, 6.45) is 0. The minimum atomic E-state index is -0.235.